The van der Waals surface area contributed by atoms with Crippen molar-refractivity contribution in [3.05, 3.63) is 90.1 Å². The second kappa shape index (κ2) is 14.2. The van der Waals surface area contributed by atoms with Crippen LogP contribution in [0.15, 0.2) is 78.9 Å². The van der Waals surface area contributed by atoms with Gasteiger partial charge >= 0.3 is 12.1 Å². The predicted molar refractivity (Wildman–Crippen MR) is 167 cm³/mol. The molecule has 3 aromatic carbocycles. The second-order valence-corrected chi connectivity index (χ2v) is 10.7. The van der Waals surface area contributed by atoms with Gasteiger partial charge < -0.3 is 29.3 Å². The van der Waals surface area contributed by atoms with Crippen molar-refractivity contribution in [1.82, 2.24) is 19.8 Å². The first-order valence-electron chi connectivity index (χ1n) is 14.9. The largest absolute Gasteiger partial charge is 0.462 e. The zero-order valence-electron chi connectivity index (χ0n) is 24.6. The highest BCUT2D eigenvalue weighted by Gasteiger charge is 2.25. The van der Waals surface area contributed by atoms with Gasteiger partial charge in [-0.15, -0.1) is 0 Å². The molecule has 0 unspecified atom stereocenters. The number of carbonyl (C=O) groups excluding carboxylic acids is 2. The van der Waals surface area contributed by atoms with Gasteiger partial charge in [-0.2, -0.15) is 9.97 Å². The Morgan fingerprint density at radius 2 is 1.59 bits per heavy atom. The molecule has 228 valence electrons. The van der Waals surface area contributed by atoms with Crippen LogP contribution in [-0.4, -0.2) is 97.4 Å². The van der Waals surface area contributed by atoms with Crippen molar-refractivity contribution in [3.63, 3.8) is 0 Å². The topological polar surface area (TPSA) is 109 Å². The molecule has 0 atom stereocenters. The van der Waals surface area contributed by atoms with E-state index in [-0.39, 0.29) is 30.3 Å². The fourth-order valence-electron chi connectivity index (χ4n) is 5.30. The van der Waals surface area contributed by atoms with Gasteiger partial charge in [0.2, 0.25) is 0 Å². The smallest absolute Gasteiger partial charge is 0.410 e. The van der Waals surface area contributed by atoms with Crippen LogP contribution < -0.4 is 15.0 Å². The van der Waals surface area contributed by atoms with Gasteiger partial charge in [0.1, 0.15) is 24.7 Å². The van der Waals surface area contributed by atoms with E-state index in [0.717, 1.165) is 29.4 Å². The molecule has 4 aromatic rings. The maximum Gasteiger partial charge on any atom is 0.410 e. The van der Waals surface area contributed by atoms with E-state index in [0.29, 0.717) is 64.0 Å². The number of fused-ring (bicyclic) bond motifs is 1. The minimum Gasteiger partial charge on any atom is -0.462 e. The van der Waals surface area contributed by atoms with Gasteiger partial charge in [-0.25, -0.2) is 4.79 Å². The monoisotopic (exact) mass is 596 g/mol. The van der Waals surface area contributed by atoms with Crippen LogP contribution in [0.3, 0.4) is 0 Å². The van der Waals surface area contributed by atoms with Gasteiger partial charge in [-0.3, -0.25) is 9.69 Å². The van der Waals surface area contributed by atoms with Crippen LogP contribution in [0.1, 0.15) is 16.1 Å². The van der Waals surface area contributed by atoms with Crippen molar-refractivity contribution in [2.75, 3.05) is 75.9 Å². The molecule has 0 bridgehead atoms. The Morgan fingerprint density at radius 3 is 2.41 bits per heavy atom. The summed E-state index contributed by atoms with van der Waals surface area (Å²) in [5, 5.41) is 4.99. The molecule has 2 aliphatic rings. The van der Waals surface area contributed by atoms with Gasteiger partial charge in [-0.05, 0) is 17.0 Å². The highest BCUT2D eigenvalue weighted by atomic mass is 16.6. The summed E-state index contributed by atoms with van der Waals surface area (Å²) in [6.07, 6.45) is -0.349. The van der Waals surface area contributed by atoms with Gasteiger partial charge in [0.15, 0.2) is 0 Å². The number of morpholine rings is 1. The molecule has 0 spiro atoms. The third-order valence-corrected chi connectivity index (χ3v) is 7.77. The van der Waals surface area contributed by atoms with Crippen molar-refractivity contribution < 1.29 is 23.8 Å². The lowest BCUT2D eigenvalue weighted by Crippen LogP contribution is -2.49. The molecule has 6 rings (SSSR count). The number of ether oxygens (including phenoxy) is 3. The van der Waals surface area contributed by atoms with E-state index < -0.39 is 0 Å². The zero-order chi connectivity index (χ0) is 30.1. The van der Waals surface area contributed by atoms with Crippen LogP contribution in [0.2, 0.25) is 0 Å². The Balaban J connectivity index is 1.14. The summed E-state index contributed by atoms with van der Waals surface area (Å²) in [5.74, 6) is 0.216. The molecule has 0 saturated carbocycles. The molecule has 3 heterocycles. The number of benzene rings is 3. The summed E-state index contributed by atoms with van der Waals surface area (Å²) in [6, 6.07) is 25.1. The Hall–Kier alpha value is -4.74. The highest BCUT2D eigenvalue weighted by Crippen LogP contribution is 2.25. The van der Waals surface area contributed by atoms with Crippen molar-refractivity contribution in [2.45, 2.75) is 6.61 Å². The fraction of sp³-hybridized carbons (Fsp3) is 0.333. The van der Waals surface area contributed by atoms with E-state index >= 15 is 0 Å². The quantitative estimate of drug-likeness (QED) is 0.306. The predicted octanol–water partition coefficient (Wildman–Crippen LogP) is 4.05. The Morgan fingerprint density at radius 1 is 0.841 bits per heavy atom. The number of nitrogens with zero attached hydrogens (tertiary/aromatic N) is 5. The third-order valence-electron chi connectivity index (χ3n) is 7.77. The number of hydrogen-bond acceptors (Lipinski definition) is 9. The van der Waals surface area contributed by atoms with Gasteiger partial charge in [0, 0.05) is 63.0 Å². The Labute approximate surface area is 256 Å². The van der Waals surface area contributed by atoms with Crippen molar-refractivity contribution >= 4 is 34.3 Å². The maximum absolute atomic E-state index is 13.5. The number of rotatable bonds is 9. The first kappa shape index (κ1) is 29.3. The van der Waals surface area contributed by atoms with Crippen molar-refractivity contribution in [3.8, 4) is 6.01 Å². The molecule has 2 fully saturated rings. The number of carbonyl (C=O) groups is 2. The molecule has 11 heteroatoms. The molecule has 1 N–H and O–H groups in total. The summed E-state index contributed by atoms with van der Waals surface area (Å²) < 4.78 is 16.9. The number of anilines is 2. The van der Waals surface area contributed by atoms with Gasteiger partial charge in [0.25, 0.3) is 5.91 Å². The van der Waals surface area contributed by atoms with Crippen LogP contribution in [-0.2, 0) is 16.1 Å². The lowest BCUT2D eigenvalue weighted by atomic mass is 10.1. The molecular weight excluding hydrogens is 560 g/mol. The molecule has 2 amide bonds. The SMILES string of the molecule is O=C(Nc1cccc2ccccc12)c1cc(N2CCN(C(=O)OCc3ccccc3)CC2)nc(OCCN2CCOCC2)n1. The van der Waals surface area contributed by atoms with E-state index in [1.54, 1.807) is 11.0 Å². The molecule has 11 nitrogen and oxygen atoms in total. The van der Waals surface area contributed by atoms with Crippen molar-refractivity contribution in [1.29, 1.82) is 0 Å². The fourth-order valence-corrected chi connectivity index (χ4v) is 5.30. The molecule has 1 aromatic heterocycles. The van der Waals surface area contributed by atoms with Crippen LogP contribution in [0.4, 0.5) is 16.3 Å². The molecule has 2 saturated heterocycles. The summed E-state index contributed by atoms with van der Waals surface area (Å²) in [4.78, 5) is 41.4. The van der Waals surface area contributed by atoms with Crippen molar-refractivity contribution in [2.24, 2.45) is 0 Å². The highest BCUT2D eigenvalue weighted by molar-refractivity contribution is 6.08. The molecule has 44 heavy (non-hydrogen) atoms. The number of aromatic nitrogens is 2. The molecule has 0 aliphatic carbocycles. The minimum absolute atomic E-state index is 0.142. The third kappa shape index (κ3) is 7.42. The summed E-state index contributed by atoms with van der Waals surface area (Å²) in [7, 11) is 0. The molecular formula is C33H36N6O5. The summed E-state index contributed by atoms with van der Waals surface area (Å²) in [5.41, 5.74) is 1.84. The normalized spacial score (nSPS) is 15.6. The van der Waals surface area contributed by atoms with Crippen LogP contribution in [0.5, 0.6) is 6.01 Å². The number of piperazine rings is 1. The Bertz CT molecular complexity index is 1570. The van der Waals surface area contributed by atoms with E-state index in [1.807, 2.05) is 77.7 Å². The maximum atomic E-state index is 13.5. The lowest BCUT2D eigenvalue weighted by molar-refractivity contribution is 0.0317. The van der Waals surface area contributed by atoms with E-state index in [4.69, 9.17) is 14.2 Å². The summed E-state index contributed by atoms with van der Waals surface area (Å²) in [6.45, 7) is 6.39. The van der Waals surface area contributed by atoms with E-state index in [1.165, 1.54) is 0 Å². The van der Waals surface area contributed by atoms with E-state index in [9.17, 15) is 9.59 Å². The van der Waals surface area contributed by atoms with Crippen LogP contribution in [0.25, 0.3) is 10.8 Å². The van der Waals surface area contributed by atoms with Crippen LogP contribution in [0, 0.1) is 0 Å². The average Bonchev–Trinajstić information content (AvgIpc) is 3.08. The van der Waals surface area contributed by atoms with E-state index in [2.05, 4.69) is 20.2 Å². The average molecular weight is 597 g/mol. The lowest BCUT2D eigenvalue weighted by Gasteiger charge is -2.34. The zero-order valence-corrected chi connectivity index (χ0v) is 24.6. The van der Waals surface area contributed by atoms with Gasteiger partial charge in [-0.1, -0.05) is 66.7 Å². The standard InChI is InChI=1S/C33H36N6O5/c40-31(34-28-12-6-10-26-9-4-5-11-27(26)28)29-23-30(36-32(35-29)43-22-19-37-17-20-42-21-18-37)38-13-15-39(16-14-38)33(41)44-24-25-7-2-1-3-8-25/h1-12,23H,13-22,24H2,(H,34,40). The Kier molecular flexibility index (Phi) is 9.44. The first-order chi connectivity index (χ1) is 21.6. The second-order valence-electron chi connectivity index (χ2n) is 10.7. The molecule has 2 aliphatic heterocycles. The van der Waals surface area contributed by atoms with Crippen LogP contribution >= 0.6 is 0 Å². The number of amides is 2. The number of hydrogen-bond donors (Lipinski definition) is 1. The first-order valence-corrected chi connectivity index (χ1v) is 14.9. The summed E-state index contributed by atoms with van der Waals surface area (Å²) >= 11 is 0. The molecule has 0 radical (unpaired) electrons. The minimum atomic E-state index is -0.355. The van der Waals surface area contributed by atoms with Gasteiger partial charge in [0.05, 0.1) is 13.2 Å². The number of nitrogens with one attached hydrogen (secondary N) is 1.